The van der Waals surface area contributed by atoms with Gasteiger partial charge in [0, 0.05) is 12.8 Å². The molecular weight excluding hydrogens is 648 g/mol. The molecule has 5 aromatic rings. The molecule has 51 heavy (non-hydrogen) atoms. The molecule has 0 radical (unpaired) electrons. The molecule has 0 unspecified atom stereocenters. The first-order chi connectivity index (χ1) is 24.9. The van der Waals surface area contributed by atoms with Gasteiger partial charge in [0.1, 0.15) is 37.7 Å². The quantitative estimate of drug-likeness (QED) is 0.0969. The van der Waals surface area contributed by atoms with Gasteiger partial charge in [0.2, 0.25) is 5.91 Å². The lowest BCUT2D eigenvalue weighted by Gasteiger charge is -2.29. The first-order valence-electron chi connectivity index (χ1n) is 16.4. The predicted octanol–water partition coefficient (Wildman–Crippen LogP) is 6.75. The highest BCUT2D eigenvalue weighted by Gasteiger charge is 2.39. The van der Waals surface area contributed by atoms with E-state index in [4.69, 9.17) is 14.2 Å². The zero-order valence-corrected chi connectivity index (χ0v) is 27.8. The fraction of sp³-hybridized carbons (Fsp3) is 0.171. The Hall–Kier alpha value is -6.42. The van der Waals surface area contributed by atoms with Gasteiger partial charge in [-0.3, -0.25) is 4.79 Å². The highest BCUT2D eigenvalue weighted by molar-refractivity contribution is 5.97. The summed E-state index contributed by atoms with van der Waals surface area (Å²) in [5, 5.41) is 12.7. The van der Waals surface area contributed by atoms with Gasteiger partial charge in [0.15, 0.2) is 0 Å². The van der Waals surface area contributed by atoms with Crippen molar-refractivity contribution in [3.05, 3.63) is 173 Å². The van der Waals surface area contributed by atoms with E-state index in [1.807, 2.05) is 72.8 Å². The second-order valence-electron chi connectivity index (χ2n) is 11.7. The average molecular weight is 687 g/mol. The SMILES string of the molecule is O=C(OCc1ccccc1)[C@@H](Cc1ccccc1)NC(=O)[C@H](Cc1ccc(O)cc1)N(C(=O)OCc1ccccc1)C(=O)OCc1ccccc1. The number of hydrogen-bond donors (Lipinski definition) is 2. The maximum absolute atomic E-state index is 14.4. The van der Waals surface area contributed by atoms with Crippen LogP contribution in [-0.4, -0.2) is 46.2 Å². The molecule has 2 atom stereocenters. The molecule has 260 valence electrons. The van der Waals surface area contributed by atoms with E-state index in [2.05, 4.69) is 5.32 Å². The first kappa shape index (κ1) is 35.9. The van der Waals surface area contributed by atoms with Gasteiger partial charge in [-0.25, -0.2) is 14.4 Å². The number of aromatic hydroxyl groups is 1. The van der Waals surface area contributed by atoms with E-state index in [1.54, 1.807) is 60.7 Å². The number of ether oxygens (including phenoxy) is 3. The zero-order chi connectivity index (χ0) is 35.8. The molecule has 0 spiro atoms. The normalized spacial score (nSPS) is 11.8. The number of rotatable bonds is 14. The van der Waals surface area contributed by atoms with Crippen LogP contribution in [0.5, 0.6) is 5.75 Å². The number of benzene rings is 5. The number of phenols is 1. The van der Waals surface area contributed by atoms with Crippen LogP contribution in [0.1, 0.15) is 27.8 Å². The van der Waals surface area contributed by atoms with E-state index >= 15 is 0 Å². The minimum atomic E-state index is -1.54. The number of nitrogens with zero attached hydrogens (tertiary/aromatic N) is 1. The van der Waals surface area contributed by atoms with Crippen molar-refractivity contribution >= 4 is 24.1 Å². The van der Waals surface area contributed by atoms with Gasteiger partial charge in [-0.2, -0.15) is 4.90 Å². The number of carbonyl (C=O) groups excluding carboxylic acids is 4. The van der Waals surface area contributed by atoms with Crippen molar-refractivity contribution in [3.8, 4) is 5.75 Å². The third-order valence-electron chi connectivity index (χ3n) is 7.89. The zero-order valence-electron chi connectivity index (χ0n) is 27.8. The number of phenolic OH excluding ortho intramolecular Hbond substituents is 1. The van der Waals surface area contributed by atoms with Gasteiger partial charge in [-0.05, 0) is 39.9 Å². The van der Waals surface area contributed by atoms with Crippen LogP contribution in [0.25, 0.3) is 0 Å². The van der Waals surface area contributed by atoms with E-state index in [9.17, 15) is 24.3 Å². The molecule has 2 N–H and O–H groups in total. The van der Waals surface area contributed by atoms with Crippen molar-refractivity contribution in [2.24, 2.45) is 0 Å². The maximum atomic E-state index is 14.4. The Labute approximate surface area is 296 Å². The number of imide groups is 1. The van der Waals surface area contributed by atoms with Crippen LogP contribution in [-0.2, 0) is 56.5 Å². The smallest absolute Gasteiger partial charge is 0.420 e. The van der Waals surface area contributed by atoms with Crippen molar-refractivity contribution in [1.82, 2.24) is 10.2 Å². The molecule has 10 nitrogen and oxygen atoms in total. The summed E-state index contributed by atoms with van der Waals surface area (Å²) in [7, 11) is 0. The van der Waals surface area contributed by atoms with Crippen LogP contribution in [0.3, 0.4) is 0 Å². The van der Waals surface area contributed by atoms with Gasteiger partial charge in [0.25, 0.3) is 0 Å². The average Bonchev–Trinajstić information content (AvgIpc) is 3.17. The summed E-state index contributed by atoms with van der Waals surface area (Å²) in [6.07, 6.45) is -2.36. The molecular formula is C41H38N2O8. The standard InChI is InChI=1S/C41H38N2O8/c44-35-23-21-31(22-24-35)26-37(38(45)42-36(25-30-13-5-1-6-14-30)39(46)49-27-32-15-7-2-8-16-32)43(40(47)50-28-33-17-9-3-10-18-33)41(48)51-29-34-19-11-4-12-20-34/h1-24,36-37,44H,25-29H2,(H,42,45)/t36-,37+/m1/s1. The Bertz CT molecular complexity index is 1800. The summed E-state index contributed by atoms with van der Waals surface area (Å²) in [6.45, 7) is -0.391. The highest BCUT2D eigenvalue weighted by Crippen LogP contribution is 2.19. The van der Waals surface area contributed by atoms with Crippen LogP contribution in [0.15, 0.2) is 146 Å². The number of nitrogens with one attached hydrogen (secondary N) is 1. The Morgan fingerprint density at radius 2 is 0.902 bits per heavy atom. The summed E-state index contributed by atoms with van der Waals surface area (Å²) in [5.41, 5.74) is 3.33. The molecule has 0 saturated carbocycles. The fourth-order valence-corrected chi connectivity index (χ4v) is 5.20. The Morgan fingerprint density at radius 1 is 0.510 bits per heavy atom. The second-order valence-corrected chi connectivity index (χ2v) is 11.7. The Morgan fingerprint density at radius 3 is 1.35 bits per heavy atom. The minimum absolute atomic E-state index is 0.00904. The number of amides is 3. The van der Waals surface area contributed by atoms with Gasteiger partial charge in [-0.1, -0.05) is 133 Å². The third-order valence-corrected chi connectivity index (χ3v) is 7.89. The molecule has 0 aliphatic carbocycles. The summed E-state index contributed by atoms with van der Waals surface area (Å²) >= 11 is 0. The molecule has 0 aromatic heterocycles. The molecule has 0 bridgehead atoms. The fourth-order valence-electron chi connectivity index (χ4n) is 5.20. The van der Waals surface area contributed by atoms with Crippen LogP contribution >= 0.6 is 0 Å². The molecule has 0 aliphatic heterocycles. The molecule has 0 aliphatic rings. The van der Waals surface area contributed by atoms with Gasteiger partial charge in [-0.15, -0.1) is 0 Å². The summed E-state index contributed by atoms with van der Waals surface area (Å²) in [5.74, 6) is -1.54. The second kappa shape index (κ2) is 18.4. The van der Waals surface area contributed by atoms with Crippen molar-refractivity contribution in [2.75, 3.05) is 0 Å². The Balaban J connectivity index is 1.45. The van der Waals surface area contributed by atoms with Crippen molar-refractivity contribution < 1.29 is 38.5 Å². The van der Waals surface area contributed by atoms with E-state index in [0.717, 1.165) is 11.1 Å². The van der Waals surface area contributed by atoms with Gasteiger partial charge >= 0.3 is 18.2 Å². The summed E-state index contributed by atoms with van der Waals surface area (Å²) in [4.78, 5) is 56.2. The maximum Gasteiger partial charge on any atom is 0.420 e. The molecule has 5 rings (SSSR count). The lowest BCUT2D eigenvalue weighted by Crippen LogP contribution is -2.56. The van der Waals surface area contributed by atoms with Crippen LogP contribution < -0.4 is 5.32 Å². The van der Waals surface area contributed by atoms with E-state index in [-0.39, 0.29) is 38.4 Å². The number of hydrogen-bond acceptors (Lipinski definition) is 8. The number of esters is 1. The first-order valence-corrected chi connectivity index (χ1v) is 16.4. The van der Waals surface area contributed by atoms with E-state index < -0.39 is 36.1 Å². The van der Waals surface area contributed by atoms with Crippen LogP contribution in [0.2, 0.25) is 0 Å². The lowest BCUT2D eigenvalue weighted by atomic mass is 10.0. The summed E-state index contributed by atoms with van der Waals surface area (Å²) in [6, 6.07) is 39.2. The molecule has 0 heterocycles. The third kappa shape index (κ3) is 11.0. The topological polar surface area (TPSA) is 131 Å². The molecule has 0 fully saturated rings. The van der Waals surface area contributed by atoms with E-state index in [1.165, 1.54) is 12.1 Å². The largest absolute Gasteiger partial charge is 0.508 e. The van der Waals surface area contributed by atoms with Crippen molar-refractivity contribution in [3.63, 3.8) is 0 Å². The minimum Gasteiger partial charge on any atom is -0.508 e. The number of carbonyl (C=O) groups is 4. The molecule has 3 amide bonds. The van der Waals surface area contributed by atoms with Crippen molar-refractivity contribution in [2.45, 2.75) is 44.7 Å². The molecule has 0 saturated heterocycles. The summed E-state index contributed by atoms with van der Waals surface area (Å²) < 4.78 is 16.7. The lowest BCUT2D eigenvalue weighted by molar-refractivity contribution is -0.149. The Kier molecular flexibility index (Phi) is 12.9. The highest BCUT2D eigenvalue weighted by atomic mass is 16.6. The van der Waals surface area contributed by atoms with Crippen LogP contribution in [0, 0.1) is 0 Å². The van der Waals surface area contributed by atoms with Gasteiger partial charge in [0.05, 0.1) is 0 Å². The predicted molar refractivity (Wildman–Crippen MR) is 189 cm³/mol. The molecule has 10 heteroatoms. The van der Waals surface area contributed by atoms with Crippen LogP contribution in [0.4, 0.5) is 9.59 Å². The van der Waals surface area contributed by atoms with E-state index in [0.29, 0.717) is 21.6 Å². The van der Waals surface area contributed by atoms with Crippen molar-refractivity contribution in [1.29, 1.82) is 0 Å². The molecule has 5 aromatic carbocycles. The monoisotopic (exact) mass is 686 g/mol. The van der Waals surface area contributed by atoms with Gasteiger partial charge < -0.3 is 24.6 Å².